The smallest absolute Gasteiger partial charge is 0.241 e. The van der Waals surface area contributed by atoms with Crippen LogP contribution in [0.2, 0.25) is 0 Å². The van der Waals surface area contributed by atoms with Gasteiger partial charge in [0.05, 0.1) is 11.5 Å². The number of fused-ring (bicyclic) bond motifs is 1. The molecule has 0 aliphatic carbocycles. The minimum Gasteiger partial charge on any atom is -0.493 e. The number of likely N-dealkylation sites (tertiary alicyclic amines) is 1. The fourth-order valence-electron chi connectivity index (χ4n) is 4.44. The summed E-state index contributed by atoms with van der Waals surface area (Å²) in [7, 11) is -3.82. The molecule has 10 heteroatoms. The standard InChI is InChI=1S/C24H31N5O4S/c1-16-20(17(2)27-24(25)26-16)7-3-5-12-29-13-6-4-8-21(23(29)30)28-34(31,32)19-9-10-22-18(15-19)11-14-33-22/h3,5,9-10,15,21,28H,4,6-8,11-14H2,1-2H3,(H2,25,26,27)/b5-3+/t21-/m0/s1. The monoisotopic (exact) mass is 485 g/mol. The van der Waals surface area contributed by atoms with E-state index in [0.29, 0.717) is 39.0 Å². The van der Waals surface area contributed by atoms with E-state index in [1.165, 1.54) is 6.07 Å². The number of nitrogen functional groups attached to an aromatic ring is 1. The number of rotatable bonds is 7. The van der Waals surface area contributed by atoms with Gasteiger partial charge in [-0.05, 0) is 68.9 Å². The van der Waals surface area contributed by atoms with Crippen LogP contribution in [0.3, 0.4) is 0 Å². The quantitative estimate of drug-likeness (QED) is 0.575. The minimum absolute atomic E-state index is 0.164. The lowest BCUT2D eigenvalue weighted by Crippen LogP contribution is -2.47. The molecule has 1 aromatic carbocycles. The van der Waals surface area contributed by atoms with Crippen molar-refractivity contribution in [2.75, 3.05) is 25.4 Å². The summed E-state index contributed by atoms with van der Waals surface area (Å²) in [5.74, 6) is 0.788. The molecule has 1 aromatic heterocycles. The molecule has 1 atom stereocenters. The molecule has 0 bridgehead atoms. The van der Waals surface area contributed by atoms with Crippen molar-refractivity contribution in [1.29, 1.82) is 0 Å². The van der Waals surface area contributed by atoms with Gasteiger partial charge < -0.3 is 15.4 Å². The van der Waals surface area contributed by atoms with Gasteiger partial charge in [-0.15, -0.1) is 0 Å². The Hall–Kier alpha value is -2.98. The maximum atomic E-state index is 13.2. The average molecular weight is 486 g/mol. The molecule has 1 fully saturated rings. The largest absolute Gasteiger partial charge is 0.493 e. The first-order valence-corrected chi connectivity index (χ1v) is 13.0. The number of nitrogens with zero attached hydrogens (tertiary/aromatic N) is 3. The maximum absolute atomic E-state index is 13.2. The first-order chi connectivity index (χ1) is 16.2. The van der Waals surface area contributed by atoms with E-state index in [9.17, 15) is 13.2 Å². The van der Waals surface area contributed by atoms with E-state index < -0.39 is 16.1 Å². The lowest BCUT2D eigenvalue weighted by molar-refractivity contribution is -0.131. The zero-order chi connectivity index (χ0) is 24.3. The molecule has 4 rings (SSSR count). The summed E-state index contributed by atoms with van der Waals surface area (Å²) in [6.45, 7) is 5.37. The Labute approximate surface area is 200 Å². The molecular formula is C24H31N5O4S. The van der Waals surface area contributed by atoms with E-state index in [2.05, 4.69) is 14.7 Å². The number of hydrogen-bond donors (Lipinski definition) is 2. The number of ether oxygens (including phenoxy) is 1. The molecule has 0 radical (unpaired) electrons. The second-order valence-corrected chi connectivity index (χ2v) is 10.4. The van der Waals surface area contributed by atoms with Crippen molar-refractivity contribution < 1.29 is 17.9 Å². The van der Waals surface area contributed by atoms with Gasteiger partial charge in [0.1, 0.15) is 11.8 Å². The number of amides is 1. The van der Waals surface area contributed by atoms with Gasteiger partial charge in [0, 0.05) is 30.9 Å². The van der Waals surface area contributed by atoms with Crippen LogP contribution in [0.5, 0.6) is 5.75 Å². The van der Waals surface area contributed by atoms with Crippen LogP contribution in [0.1, 0.15) is 41.8 Å². The van der Waals surface area contributed by atoms with Gasteiger partial charge in [0.2, 0.25) is 21.9 Å². The van der Waals surface area contributed by atoms with Gasteiger partial charge in [-0.3, -0.25) is 4.79 Å². The normalized spacial score (nSPS) is 18.7. The van der Waals surface area contributed by atoms with Crippen LogP contribution in [0, 0.1) is 13.8 Å². The van der Waals surface area contributed by atoms with Crippen molar-refractivity contribution in [2.45, 2.75) is 56.9 Å². The van der Waals surface area contributed by atoms with Gasteiger partial charge in [0.15, 0.2) is 0 Å². The molecule has 0 spiro atoms. The molecule has 2 aliphatic heterocycles. The van der Waals surface area contributed by atoms with E-state index in [4.69, 9.17) is 10.5 Å². The SMILES string of the molecule is Cc1nc(N)nc(C)c1C/C=C/CN1CCCC[C@H](NS(=O)(=O)c2ccc3c(c2)CCO3)C1=O. The third kappa shape index (κ3) is 5.39. The Morgan fingerprint density at radius 1 is 1.21 bits per heavy atom. The lowest BCUT2D eigenvalue weighted by atomic mass is 10.1. The lowest BCUT2D eigenvalue weighted by Gasteiger charge is -2.23. The van der Waals surface area contributed by atoms with E-state index in [1.807, 2.05) is 26.0 Å². The fraction of sp³-hybridized carbons (Fsp3) is 0.458. The number of allylic oxidation sites excluding steroid dienone is 1. The number of nitrogens with one attached hydrogen (secondary N) is 1. The van der Waals surface area contributed by atoms with Crippen LogP contribution in [0.25, 0.3) is 0 Å². The van der Waals surface area contributed by atoms with Crippen molar-refractivity contribution in [3.05, 3.63) is 52.9 Å². The van der Waals surface area contributed by atoms with Crippen molar-refractivity contribution >= 4 is 21.9 Å². The summed E-state index contributed by atoms with van der Waals surface area (Å²) in [6, 6.07) is 4.06. The predicted octanol–water partition coefficient (Wildman–Crippen LogP) is 2.07. The number of anilines is 1. The Morgan fingerprint density at radius 2 is 1.97 bits per heavy atom. The van der Waals surface area contributed by atoms with Crippen molar-refractivity contribution in [3.63, 3.8) is 0 Å². The van der Waals surface area contributed by atoms with Gasteiger partial charge in [-0.25, -0.2) is 18.4 Å². The van der Waals surface area contributed by atoms with Gasteiger partial charge in [-0.2, -0.15) is 4.72 Å². The summed E-state index contributed by atoms with van der Waals surface area (Å²) in [5, 5.41) is 0. The summed E-state index contributed by atoms with van der Waals surface area (Å²) in [6.07, 6.45) is 7.33. The highest BCUT2D eigenvalue weighted by atomic mass is 32.2. The zero-order valence-electron chi connectivity index (χ0n) is 19.6. The number of hydrogen-bond acceptors (Lipinski definition) is 7. The van der Waals surface area contributed by atoms with Crippen LogP contribution in [-0.2, 0) is 27.7 Å². The summed E-state index contributed by atoms with van der Waals surface area (Å²) in [5.41, 5.74) is 9.26. The number of aromatic nitrogens is 2. The second kappa shape index (κ2) is 10.1. The third-order valence-corrected chi connectivity index (χ3v) is 7.77. The van der Waals surface area contributed by atoms with Crippen LogP contribution >= 0.6 is 0 Å². The number of nitrogens with two attached hydrogens (primary N) is 1. The first kappa shape index (κ1) is 24.2. The Morgan fingerprint density at radius 3 is 2.74 bits per heavy atom. The highest BCUT2D eigenvalue weighted by Gasteiger charge is 2.31. The van der Waals surface area contributed by atoms with Crippen molar-refractivity contribution in [1.82, 2.24) is 19.6 Å². The molecule has 182 valence electrons. The van der Waals surface area contributed by atoms with Crippen LogP contribution < -0.4 is 15.2 Å². The Kier molecular flexibility index (Phi) is 7.18. The molecule has 2 aliphatic rings. The minimum atomic E-state index is -3.82. The average Bonchev–Trinajstić information content (AvgIpc) is 3.19. The Balaban J connectivity index is 1.40. The molecule has 3 N–H and O–H groups in total. The highest BCUT2D eigenvalue weighted by molar-refractivity contribution is 7.89. The van der Waals surface area contributed by atoms with Gasteiger partial charge in [0.25, 0.3) is 0 Å². The molecule has 1 amide bonds. The number of aryl methyl sites for hydroxylation is 2. The molecule has 1 saturated heterocycles. The van der Waals surface area contributed by atoms with Gasteiger partial charge in [-0.1, -0.05) is 12.2 Å². The van der Waals surface area contributed by atoms with Crippen molar-refractivity contribution in [2.24, 2.45) is 0 Å². The van der Waals surface area contributed by atoms with Gasteiger partial charge >= 0.3 is 0 Å². The molecule has 0 saturated carbocycles. The fourth-order valence-corrected chi connectivity index (χ4v) is 5.72. The molecule has 2 aromatic rings. The molecule has 3 heterocycles. The van der Waals surface area contributed by atoms with Crippen molar-refractivity contribution in [3.8, 4) is 5.75 Å². The number of benzene rings is 1. The van der Waals surface area contributed by atoms with E-state index >= 15 is 0 Å². The molecule has 9 nitrogen and oxygen atoms in total. The number of sulfonamides is 1. The third-order valence-electron chi connectivity index (χ3n) is 6.30. The van der Waals surface area contributed by atoms with E-state index in [-0.39, 0.29) is 16.8 Å². The molecular weight excluding hydrogens is 454 g/mol. The maximum Gasteiger partial charge on any atom is 0.241 e. The number of carbonyl (C=O) groups is 1. The highest BCUT2D eigenvalue weighted by Crippen LogP contribution is 2.28. The molecule has 0 unspecified atom stereocenters. The zero-order valence-corrected chi connectivity index (χ0v) is 20.4. The van der Waals surface area contributed by atoms with E-state index in [1.54, 1.807) is 17.0 Å². The molecule has 34 heavy (non-hydrogen) atoms. The van der Waals surface area contributed by atoms with Crippen LogP contribution in [-0.4, -0.2) is 54.9 Å². The van der Waals surface area contributed by atoms with Crippen LogP contribution in [0.15, 0.2) is 35.2 Å². The Bertz CT molecular complexity index is 1190. The topological polar surface area (TPSA) is 128 Å². The predicted molar refractivity (Wildman–Crippen MR) is 129 cm³/mol. The second-order valence-electron chi connectivity index (χ2n) is 8.73. The summed E-state index contributed by atoms with van der Waals surface area (Å²) in [4.78, 5) is 23.5. The number of carbonyl (C=O) groups excluding carboxylic acids is 1. The summed E-state index contributed by atoms with van der Waals surface area (Å²) < 4.78 is 34.1. The van der Waals surface area contributed by atoms with Crippen LogP contribution in [0.4, 0.5) is 5.95 Å². The summed E-state index contributed by atoms with van der Waals surface area (Å²) >= 11 is 0. The van der Waals surface area contributed by atoms with E-state index in [0.717, 1.165) is 41.1 Å². The first-order valence-electron chi connectivity index (χ1n) is 11.6.